The Hall–Kier alpha value is -3.17. The third-order valence-corrected chi connectivity index (χ3v) is 7.15. The first kappa shape index (κ1) is 21.1. The van der Waals surface area contributed by atoms with Crippen LogP contribution in [0.5, 0.6) is 5.75 Å². The molecule has 0 bridgehead atoms. The lowest BCUT2D eigenvalue weighted by molar-refractivity contribution is -0.123. The summed E-state index contributed by atoms with van der Waals surface area (Å²) < 4.78 is 34.5. The number of carbonyl (C=O) groups excluding carboxylic acids is 1. The van der Waals surface area contributed by atoms with E-state index in [1.807, 2.05) is 24.3 Å². The maximum absolute atomic E-state index is 13.2. The number of amides is 1. The monoisotopic (exact) mass is 440 g/mol. The van der Waals surface area contributed by atoms with Crippen molar-refractivity contribution in [1.29, 1.82) is 0 Å². The molecule has 0 saturated carbocycles. The number of carbonyl (C=O) groups is 1. The van der Waals surface area contributed by atoms with Crippen LogP contribution in [0.15, 0.2) is 65.7 Å². The summed E-state index contributed by atoms with van der Waals surface area (Å²) in [6.07, 6.45) is 1.77. The van der Waals surface area contributed by atoms with Crippen LogP contribution in [0.1, 0.15) is 22.7 Å². The Labute approximate surface area is 181 Å². The number of hydrogen-bond donors (Lipinski definition) is 1. The van der Waals surface area contributed by atoms with E-state index in [4.69, 9.17) is 4.74 Å². The van der Waals surface area contributed by atoms with Gasteiger partial charge in [-0.25, -0.2) is 8.42 Å². The number of rotatable bonds is 6. The van der Waals surface area contributed by atoms with E-state index in [-0.39, 0.29) is 23.9 Å². The number of fused-ring (bicyclic) bond motifs is 1. The van der Waals surface area contributed by atoms with E-state index in [2.05, 4.69) is 10.4 Å². The minimum Gasteiger partial charge on any atom is -0.497 e. The summed E-state index contributed by atoms with van der Waals surface area (Å²) in [6.45, 7) is 0.547. The van der Waals surface area contributed by atoms with Crippen LogP contribution < -0.4 is 10.1 Å². The Morgan fingerprint density at radius 1 is 1.16 bits per heavy atom. The first-order chi connectivity index (χ1) is 14.9. The maximum Gasteiger partial charge on any atom is 0.243 e. The first-order valence-electron chi connectivity index (χ1n) is 9.86. The van der Waals surface area contributed by atoms with Crippen LogP contribution >= 0.6 is 0 Å². The molecular weight excluding hydrogens is 416 g/mol. The fourth-order valence-electron chi connectivity index (χ4n) is 3.70. The summed E-state index contributed by atoms with van der Waals surface area (Å²) in [4.78, 5) is 13.3. The highest BCUT2D eigenvalue weighted by atomic mass is 32.2. The highest BCUT2D eigenvalue weighted by Crippen LogP contribution is 2.31. The first-order valence-corrected chi connectivity index (χ1v) is 11.3. The number of sulfonamides is 1. The van der Waals surface area contributed by atoms with Crippen molar-refractivity contribution in [2.75, 3.05) is 13.7 Å². The van der Waals surface area contributed by atoms with Gasteiger partial charge in [0.1, 0.15) is 5.75 Å². The zero-order valence-corrected chi connectivity index (χ0v) is 18.2. The summed E-state index contributed by atoms with van der Waals surface area (Å²) in [5.41, 5.74) is 2.27. The topological polar surface area (TPSA) is 93.5 Å². The van der Waals surface area contributed by atoms with Gasteiger partial charge in [0, 0.05) is 38.4 Å². The molecule has 1 N–H and O–H groups in total. The lowest BCUT2D eigenvalue weighted by atomic mass is 9.97. The van der Waals surface area contributed by atoms with E-state index >= 15 is 0 Å². The second-order valence-electron chi connectivity index (χ2n) is 7.44. The SMILES string of the molecule is COc1ccc(CNC(=O)C2CN(S(=O)(=O)c3ccccc3)Cc3cn(C)nc32)cc1. The van der Waals surface area contributed by atoms with Crippen LogP contribution in [0.25, 0.3) is 0 Å². The van der Waals surface area contributed by atoms with Crippen molar-refractivity contribution >= 4 is 15.9 Å². The zero-order chi connectivity index (χ0) is 22.0. The van der Waals surface area contributed by atoms with E-state index in [0.29, 0.717) is 12.2 Å². The molecule has 8 nitrogen and oxygen atoms in total. The van der Waals surface area contributed by atoms with Gasteiger partial charge in [0.2, 0.25) is 15.9 Å². The minimum absolute atomic E-state index is 0.0374. The second-order valence-corrected chi connectivity index (χ2v) is 9.38. The van der Waals surface area contributed by atoms with Crippen molar-refractivity contribution in [3.63, 3.8) is 0 Å². The Morgan fingerprint density at radius 2 is 1.87 bits per heavy atom. The van der Waals surface area contributed by atoms with Gasteiger partial charge in [-0.05, 0) is 29.8 Å². The highest BCUT2D eigenvalue weighted by molar-refractivity contribution is 7.89. The molecule has 162 valence electrons. The summed E-state index contributed by atoms with van der Waals surface area (Å²) in [7, 11) is -0.373. The molecule has 0 spiro atoms. The molecule has 0 radical (unpaired) electrons. The van der Waals surface area contributed by atoms with Crippen LogP contribution in [0.3, 0.4) is 0 Å². The average Bonchev–Trinajstić information content (AvgIpc) is 3.17. The van der Waals surface area contributed by atoms with Crippen molar-refractivity contribution in [1.82, 2.24) is 19.4 Å². The van der Waals surface area contributed by atoms with Crippen LogP contribution in [-0.4, -0.2) is 42.1 Å². The Morgan fingerprint density at radius 3 is 2.55 bits per heavy atom. The molecule has 1 atom stereocenters. The van der Waals surface area contributed by atoms with Gasteiger partial charge >= 0.3 is 0 Å². The lowest BCUT2D eigenvalue weighted by Crippen LogP contribution is -2.43. The highest BCUT2D eigenvalue weighted by Gasteiger charge is 2.38. The summed E-state index contributed by atoms with van der Waals surface area (Å²) in [5, 5.41) is 7.36. The molecule has 1 amide bonds. The van der Waals surface area contributed by atoms with E-state index in [1.54, 1.807) is 55.4 Å². The van der Waals surface area contributed by atoms with E-state index in [1.165, 1.54) is 4.31 Å². The Kier molecular flexibility index (Phi) is 5.79. The summed E-state index contributed by atoms with van der Waals surface area (Å²) >= 11 is 0. The van der Waals surface area contributed by atoms with Crippen molar-refractivity contribution in [3.8, 4) is 5.75 Å². The molecule has 4 rings (SSSR count). The molecule has 9 heteroatoms. The van der Waals surface area contributed by atoms with Gasteiger partial charge in [-0.2, -0.15) is 9.40 Å². The molecule has 1 aliphatic heterocycles. The average molecular weight is 441 g/mol. The van der Waals surface area contributed by atoms with Crippen LogP contribution in [0.2, 0.25) is 0 Å². The zero-order valence-electron chi connectivity index (χ0n) is 17.4. The largest absolute Gasteiger partial charge is 0.497 e. The molecule has 3 aromatic rings. The molecular formula is C22H24N4O4S. The smallest absolute Gasteiger partial charge is 0.243 e. The third kappa shape index (κ3) is 4.33. The third-order valence-electron chi connectivity index (χ3n) is 5.32. The van der Waals surface area contributed by atoms with Gasteiger partial charge in [0.05, 0.1) is 23.6 Å². The number of methoxy groups -OCH3 is 1. The van der Waals surface area contributed by atoms with Gasteiger partial charge < -0.3 is 10.1 Å². The summed E-state index contributed by atoms with van der Waals surface area (Å²) in [5.74, 6) is -0.215. The lowest BCUT2D eigenvalue weighted by Gasteiger charge is -2.30. The number of aryl methyl sites for hydroxylation is 1. The number of benzene rings is 2. The predicted molar refractivity (Wildman–Crippen MR) is 115 cm³/mol. The molecule has 1 aromatic heterocycles. The number of nitrogens with zero attached hydrogens (tertiary/aromatic N) is 3. The van der Waals surface area contributed by atoms with Crippen molar-refractivity contribution in [3.05, 3.63) is 77.6 Å². The molecule has 0 aliphatic carbocycles. The fraction of sp³-hybridized carbons (Fsp3) is 0.273. The quantitative estimate of drug-likeness (QED) is 0.633. The van der Waals surface area contributed by atoms with Crippen molar-refractivity contribution in [2.45, 2.75) is 23.9 Å². The molecule has 2 aromatic carbocycles. The van der Waals surface area contributed by atoms with Gasteiger partial charge in [-0.3, -0.25) is 9.48 Å². The molecule has 1 unspecified atom stereocenters. The Balaban J connectivity index is 1.56. The molecule has 0 fully saturated rings. The van der Waals surface area contributed by atoms with Crippen LogP contribution in [0, 0.1) is 0 Å². The molecule has 2 heterocycles. The number of ether oxygens (including phenoxy) is 1. The molecule has 1 aliphatic rings. The van der Waals surface area contributed by atoms with Crippen molar-refractivity contribution < 1.29 is 17.9 Å². The van der Waals surface area contributed by atoms with Crippen molar-refractivity contribution in [2.24, 2.45) is 7.05 Å². The van der Waals surface area contributed by atoms with Gasteiger partial charge in [0.15, 0.2) is 0 Å². The van der Waals surface area contributed by atoms with E-state index in [0.717, 1.165) is 16.9 Å². The van der Waals surface area contributed by atoms with Crippen LogP contribution in [-0.2, 0) is 35.0 Å². The fourth-order valence-corrected chi connectivity index (χ4v) is 5.16. The van der Waals surface area contributed by atoms with Gasteiger partial charge in [-0.1, -0.05) is 30.3 Å². The molecule has 31 heavy (non-hydrogen) atoms. The Bertz CT molecular complexity index is 1170. The minimum atomic E-state index is -3.73. The number of hydrogen-bond acceptors (Lipinski definition) is 5. The number of nitrogens with one attached hydrogen (secondary N) is 1. The number of aromatic nitrogens is 2. The molecule has 0 saturated heterocycles. The van der Waals surface area contributed by atoms with Crippen LogP contribution in [0.4, 0.5) is 0 Å². The summed E-state index contributed by atoms with van der Waals surface area (Å²) in [6, 6.07) is 15.7. The normalized spacial score (nSPS) is 16.5. The maximum atomic E-state index is 13.2. The predicted octanol–water partition coefficient (Wildman–Crippen LogP) is 2.03. The van der Waals surface area contributed by atoms with E-state index in [9.17, 15) is 13.2 Å². The second kappa shape index (κ2) is 8.52. The van der Waals surface area contributed by atoms with Gasteiger partial charge in [0.25, 0.3) is 0 Å². The standard InChI is InChI=1S/C22H24N4O4S/c1-25-13-17-14-26(31(28,29)19-6-4-3-5-7-19)15-20(21(17)24-25)22(27)23-12-16-8-10-18(30-2)11-9-16/h3-11,13,20H,12,14-15H2,1-2H3,(H,23,27). The van der Waals surface area contributed by atoms with E-state index < -0.39 is 15.9 Å². The van der Waals surface area contributed by atoms with Gasteiger partial charge in [-0.15, -0.1) is 0 Å².